The Morgan fingerprint density at radius 2 is 1.89 bits per heavy atom. The van der Waals surface area contributed by atoms with Crippen molar-refractivity contribution in [3.05, 3.63) is 41.4 Å². The summed E-state index contributed by atoms with van der Waals surface area (Å²) in [4.78, 5) is 0. The molecule has 0 amide bonds. The zero-order valence-corrected chi connectivity index (χ0v) is 11.0. The number of nitrogens with two attached hydrogens (primary N) is 1. The van der Waals surface area contributed by atoms with Crippen molar-refractivity contribution in [3.8, 4) is 5.75 Å². The van der Waals surface area contributed by atoms with Crippen LogP contribution in [0.1, 0.15) is 0 Å². The maximum absolute atomic E-state index is 6.16. The van der Waals surface area contributed by atoms with Gasteiger partial charge in [-0.1, -0.05) is 35.9 Å². The first-order chi connectivity index (χ1) is 8.76. The number of hydrogen-bond donors (Lipinski definition) is 1. The van der Waals surface area contributed by atoms with E-state index in [2.05, 4.69) is 0 Å². The highest BCUT2D eigenvalue weighted by Gasteiger charge is 2.11. The summed E-state index contributed by atoms with van der Waals surface area (Å²) in [5.41, 5.74) is 5.65. The van der Waals surface area contributed by atoms with Crippen molar-refractivity contribution in [3.63, 3.8) is 0 Å². The van der Waals surface area contributed by atoms with Crippen LogP contribution >= 0.6 is 11.6 Å². The van der Waals surface area contributed by atoms with E-state index in [0.29, 0.717) is 18.2 Å². The van der Waals surface area contributed by atoms with Crippen LogP contribution in [0.15, 0.2) is 36.4 Å². The summed E-state index contributed by atoms with van der Waals surface area (Å²) in [6, 6.07) is 11.6. The topological polar surface area (TPSA) is 44.5 Å². The van der Waals surface area contributed by atoms with Crippen LogP contribution in [-0.4, -0.2) is 26.4 Å². The summed E-state index contributed by atoms with van der Waals surface area (Å²) in [6.45, 7) is 0.873. The van der Waals surface area contributed by atoms with Crippen LogP contribution in [-0.2, 0) is 4.74 Å². The Kier molecular flexibility index (Phi) is 4.42. The molecule has 0 saturated carbocycles. The molecule has 0 spiro atoms. The molecule has 18 heavy (non-hydrogen) atoms. The van der Waals surface area contributed by atoms with Crippen molar-refractivity contribution in [2.24, 2.45) is 5.73 Å². The summed E-state index contributed by atoms with van der Waals surface area (Å²) in [5, 5.41) is 2.68. The second-order valence-electron chi connectivity index (χ2n) is 4.02. The third-order valence-electron chi connectivity index (χ3n) is 2.74. The third-order valence-corrected chi connectivity index (χ3v) is 3.07. The zero-order valence-electron chi connectivity index (χ0n) is 10.2. The van der Waals surface area contributed by atoms with E-state index in [1.54, 1.807) is 7.11 Å². The van der Waals surface area contributed by atoms with Gasteiger partial charge in [0, 0.05) is 29.4 Å². The molecule has 0 radical (unpaired) electrons. The van der Waals surface area contributed by atoms with Gasteiger partial charge in [0.25, 0.3) is 0 Å². The largest absolute Gasteiger partial charge is 0.486 e. The van der Waals surface area contributed by atoms with Gasteiger partial charge in [-0.15, -0.1) is 0 Å². The minimum Gasteiger partial charge on any atom is -0.486 e. The highest BCUT2D eigenvalue weighted by Crippen LogP contribution is 2.31. The fraction of sp³-hybridized carbons (Fsp3) is 0.286. The molecule has 2 N–H and O–H groups in total. The van der Waals surface area contributed by atoms with Gasteiger partial charge in [0.15, 0.2) is 0 Å². The maximum atomic E-state index is 6.16. The first kappa shape index (κ1) is 13.1. The van der Waals surface area contributed by atoms with Crippen LogP contribution in [0.2, 0.25) is 5.02 Å². The van der Waals surface area contributed by atoms with Gasteiger partial charge in [0.2, 0.25) is 0 Å². The van der Waals surface area contributed by atoms with Crippen LogP contribution in [0, 0.1) is 0 Å². The van der Waals surface area contributed by atoms with E-state index in [0.717, 1.165) is 16.5 Å². The van der Waals surface area contributed by atoms with Crippen molar-refractivity contribution in [1.29, 1.82) is 0 Å². The highest BCUT2D eigenvalue weighted by atomic mass is 35.5. The molecule has 0 aliphatic heterocycles. The first-order valence-electron chi connectivity index (χ1n) is 5.79. The molecule has 0 aliphatic rings. The lowest BCUT2D eigenvalue weighted by atomic mass is 10.1. The van der Waals surface area contributed by atoms with E-state index >= 15 is 0 Å². The summed E-state index contributed by atoms with van der Waals surface area (Å²) in [7, 11) is 1.63. The van der Waals surface area contributed by atoms with Crippen molar-refractivity contribution in [2.75, 3.05) is 20.3 Å². The quantitative estimate of drug-likeness (QED) is 0.904. The predicted octanol–water partition coefficient (Wildman–Crippen LogP) is 2.85. The molecular formula is C14H16ClNO2. The van der Waals surface area contributed by atoms with Crippen molar-refractivity contribution >= 4 is 22.4 Å². The Labute approximate surface area is 111 Å². The minimum atomic E-state index is -0.153. The molecule has 2 rings (SSSR count). The fourth-order valence-electron chi connectivity index (χ4n) is 1.85. The van der Waals surface area contributed by atoms with Gasteiger partial charge < -0.3 is 15.2 Å². The van der Waals surface area contributed by atoms with Gasteiger partial charge in [-0.3, -0.25) is 0 Å². The molecule has 0 heterocycles. The lowest BCUT2D eigenvalue weighted by Crippen LogP contribution is -2.31. The van der Waals surface area contributed by atoms with E-state index in [1.807, 2.05) is 36.4 Å². The van der Waals surface area contributed by atoms with Crippen LogP contribution in [0.3, 0.4) is 0 Å². The molecule has 0 aromatic heterocycles. The van der Waals surface area contributed by atoms with Gasteiger partial charge in [-0.25, -0.2) is 0 Å². The average molecular weight is 266 g/mol. The molecular weight excluding hydrogens is 250 g/mol. The second kappa shape index (κ2) is 6.05. The highest BCUT2D eigenvalue weighted by molar-refractivity contribution is 6.35. The normalized spacial score (nSPS) is 12.6. The molecule has 1 unspecified atom stereocenters. The minimum absolute atomic E-state index is 0.153. The predicted molar refractivity (Wildman–Crippen MR) is 74.3 cm³/mol. The van der Waals surface area contributed by atoms with Crippen LogP contribution < -0.4 is 10.5 Å². The third kappa shape index (κ3) is 2.75. The first-order valence-corrected chi connectivity index (χ1v) is 6.17. The van der Waals surface area contributed by atoms with Crippen molar-refractivity contribution < 1.29 is 9.47 Å². The molecule has 0 saturated heterocycles. The van der Waals surface area contributed by atoms with Gasteiger partial charge >= 0.3 is 0 Å². The zero-order chi connectivity index (χ0) is 13.0. The number of ether oxygens (including phenoxy) is 2. The SMILES string of the molecule is COCC(CN)Oc1ccc(Cl)c2ccccc12. The number of hydrogen-bond acceptors (Lipinski definition) is 3. The number of halogens is 1. The lowest BCUT2D eigenvalue weighted by Gasteiger charge is -2.18. The second-order valence-corrected chi connectivity index (χ2v) is 4.43. The molecule has 0 aliphatic carbocycles. The van der Waals surface area contributed by atoms with Crippen molar-refractivity contribution in [2.45, 2.75) is 6.10 Å². The van der Waals surface area contributed by atoms with Crippen LogP contribution in [0.25, 0.3) is 10.8 Å². The van der Waals surface area contributed by atoms with E-state index in [9.17, 15) is 0 Å². The molecule has 1 atom stereocenters. The Morgan fingerprint density at radius 3 is 2.56 bits per heavy atom. The van der Waals surface area contributed by atoms with E-state index < -0.39 is 0 Å². The van der Waals surface area contributed by atoms with Crippen LogP contribution in [0.5, 0.6) is 5.75 Å². The Hall–Kier alpha value is -1.29. The summed E-state index contributed by atoms with van der Waals surface area (Å²) in [5.74, 6) is 0.780. The summed E-state index contributed by atoms with van der Waals surface area (Å²) < 4.78 is 10.9. The number of fused-ring (bicyclic) bond motifs is 1. The Balaban J connectivity index is 2.36. The van der Waals surface area contributed by atoms with E-state index in [4.69, 9.17) is 26.8 Å². The fourth-order valence-corrected chi connectivity index (χ4v) is 2.08. The van der Waals surface area contributed by atoms with E-state index in [-0.39, 0.29) is 6.10 Å². The monoisotopic (exact) mass is 265 g/mol. The molecule has 2 aromatic carbocycles. The summed E-state index contributed by atoms with van der Waals surface area (Å²) in [6.07, 6.45) is -0.153. The van der Waals surface area contributed by atoms with E-state index in [1.165, 1.54) is 0 Å². The van der Waals surface area contributed by atoms with Gasteiger partial charge in [-0.05, 0) is 12.1 Å². The molecule has 0 fully saturated rings. The van der Waals surface area contributed by atoms with Crippen molar-refractivity contribution in [1.82, 2.24) is 0 Å². The summed E-state index contributed by atoms with van der Waals surface area (Å²) >= 11 is 6.16. The molecule has 0 bridgehead atoms. The number of benzene rings is 2. The standard InChI is InChI=1S/C14H16ClNO2/c1-17-9-10(8-16)18-14-7-6-13(15)11-4-2-3-5-12(11)14/h2-7,10H,8-9,16H2,1H3. The maximum Gasteiger partial charge on any atom is 0.134 e. The molecule has 3 nitrogen and oxygen atoms in total. The average Bonchev–Trinajstić information content (AvgIpc) is 2.41. The lowest BCUT2D eigenvalue weighted by molar-refractivity contribution is 0.0871. The van der Waals surface area contributed by atoms with Gasteiger partial charge in [0.05, 0.1) is 6.61 Å². The smallest absolute Gasteiger partial charge is 0.134 e. The molecule has 96 valence electrons. The van der Waals surface area contributed by atoms with Gasteiger partial charge in [-0.2, -0.15) is 0 Å². The van der Waals surface area contributed by atoms with Gasteiger partial charge in [0.1, 0.15) is 11.9 Å². The Bertz CT molecular complexity index is 530. The van der Waals surface area contributed by atoms with Crippen LogP contribution in [0.4, 0.5) is 0 Å². The Morgan fingerprint density at radius 1 is 1.17 bits per heavy atom. The number of methoxy groups -OCH3 is 1. The molecule has 4 heteroatoms. The number of rotatable bonds is 5. The molecule has 2 aromatic rings.